The van der Waals surface area contributed by atoms with Gasteiger partial charge in [-0.1, -0.05) is 12.1 Å². The van der Waals surface area contributed by atoms with Crippen molar-refractivity contribution in [3.8, 4) is 0 Å². The van der Waals surface area contributed by atoms with Crippen molar-refractivity contribution >= 4 is 40.2 Å². The molecule has 0 atom stereocenters. The van der Waals surface area contributed by atoms with Gasteiger partial charge in [-0.3, -0.25) is 19.3 Å². The predicted molar refractivity (Wildman–Crippen MR) is 78.3 cm³/mol. The second-order valence-electron chi connectivity index (χ2n) is 4.01. The number of ketones is 1. The van der Waals surface area contributed by atoms with E-state index in [0.29, 0.717) is 5.56 Å². The van der Waals surface area contributed by atoms with Gasteiger partial charge in [-0.25, -0.2) is 0 Å². The summed E-state index contributed by atoms with van der Waals surface area (Å²) in [6.07, 6.45) is 0. The largest absolute Gasteiger partial charge is 0.369 e. The molecular formula is C12H14IN3O3. The van der Waals surface area contributed by atoms with Crippen molar-refractivity contribution in [1.29, 1.82) is 0 Å². The summed E-state index contributed by atoms with van der Waals surface area (Å²) in [5.74, 6) is -1.42. The molecule has 19 heavy (non-hydrogen) atoms. The Balaban J connectivity index is 2.72. The summed E-state index contributed by atoms with van der Waals surface area (Å²) in [4.78, 5) is 35.0. The average Bonchev–Trinajstić information content (AvgIpc) is 2.27. The highest BCUT2D eigenvalue weighted by Gasteiger charge is 2.16. The fourth-order valence-electron chi connectivity index (χ4n) is 1.54. The number of nitrogens with two attached hydrogens (primary N) is 2. The molecule has 0 unspecified atom stereocenters. The van der Waals surface area contributed by atoms with Crippen molar-refractivity contribution in [1.82, 2.24) is 4.90 Å². The molecule has 102 valence electrons. The highest BCUT2D eigenvalue weighted by atomic mass is 127. The molecule has 4 N–H and O–H groups in total. The van der Waals surface area contributed by atoms with Crippen molar-refractivity contribution in [3.05, 3.63) is 33.4 Å². The molecule has 6 nitrogen and oxygen atoms in total. The van der Waals surface area contributed by atoms with Gasteiger partial charge in [-0.15, -0.1) is 0 Å². The first kappa shape index (κ1) is 15.6. The molecule has 0 saturated carbocycles. The number of hydrogen-bond acceptors (Lipinski definition) is 4. The fourth-order valence-corrected chi connectivity index (χ4v) is 1.90. The van der Waals surface area contributed by atoms with Crippen LogP contribution >= 0.6 is 22.6 Å². The van der Waals surface area contributed by atoms with E-state index in [9.17, 15) is 14.4 Å². The number of hydrogen-bond donors (Lipinski definition) is 2. The Kier molecular flexibility index (Phi) is 5.90. The Morgan fingerprint density at radius 2 is 1.42 bits per heavy atom. The van der Waals surface area contributed by atoms with Gasteiger partial charge in [-0.05, 0) is 34.7 Å². The summed E-state index contributed by atoms with van der Waals surface area (Å²) in [5, 5.41) is 0. The number of primary amides is 2. The third kappa shape index (κ3) is 5.79. The first-order valence-corrected chi connectivity index (χ1v) is 6.54. The van der Waals surface area contributed by atoms with Gasteiger partial charge >= 0.3 is 0 Å². The Labute approximate surface area is 124 Å². The first-order chi connectivity index (χ1) is 8.88. The second kappa shape index (κ2) is 7.19. The first-order valence-electron chi connectivity index (χ1n) is 5.46. The van der Waals surface area contributed by atoms with Gasteiger partial charge in [0.15, 0.2) is 5.78 Å². The molecule has 0 aromatic heterocycles. The Morgan fingerprint density at radius 3 is 1.84 bits per heavy atom. The maximum Gasteiger partial charge on any atom is 0.231 e. The van der Waals surface area contributed by atoms with Crippen LogP contribution in [0.25, 0.3) is 0 Å². The van der Waals surface area contributed by atoms with Crippen molar-refractivity contribution in [2.24, 2.45) is 11.5 Å². The summed E-state index contributed by atoms with van der Waals surface area (Å²) >= 11 is 2.13. The summed E-state index contributed by atoms with van der Waals surface area (Å²) in [5.41, 5.74) is 10.6. The van der Waals surface area contributed by atoms with E-state index < -0.39 is 11.8 Å². The van der Waals surface area contributed by atoms with Crippen molar-refractivity contribution in [2.45, 2.75) is 0 Å². The summed E-state index contributed by atoms with van der Waals surface area (Å²) < 4.78 is 1.01. The van der Waals surface area contributed by atoms with E-state index in [4.69, 9.17) is 11.5 Å². The van der Waals surface area contributed by atoms with Crippen molar-refractivity contribution in [2.75, 3.05) is 19.6 Å². The van der Waals surface area contributed by atoms with Crippen molar-refractivity contribution in [3.63, 3.8) is 0 Å². The minimum absolute atomic E-state index is 0.0769. The Bertz CT molecular complexity index is 471. The number of halogens is 1. The van der Waals surface area contributed by atoms with E-state index >= 15 is 0 Å². The molecule has 0 radical (unpaired) electrons. The number of Topliss-reactive ketones (excluding diaryl/α,β-unsaturated/α-hetero) is 1. The lowest BCUT2D eigenvalue weighted by Gasteiger charge is -2.17. The molecule has 0 aliphatic rings. The number of nitrogens with zero attached hydrogens (tertiary/aromatic N) is 1. The lowest BCUT2D eigenvalue weighted by molar-refractivity contribution is -0.121. The number of carbonyl (C=O) groups is 3. The van der Waals surface area contributed by atoms with Crippen LogP contribution in [-0.2, 0) is 9.59 Å². The zero-order chi connectivity index (χ0) is 14.4. The number of benzene rings is 1. The third-order valence-corrected chi connectivity index (χ3v) is 3.01. The van der Waals surface area contributed by atoms with E-state index in [2.05, 4.69) is 22.6 Å². The maximum absolute atomic E-state index is 12.0. The molecule has 0 aliphatic heterocycles. The molecule has 0 saturated heterocycles. The summed E-state index contributed by atoms with van der Waals surface area (Å²) in [6, 6.07) is 6.99. The molecule has 1 rings (SSSR count). The third-order valence-electron chi connectivity index (χ3n) is 2.29. The van der Waals surface area contributed by atoms with Crippen LogP contribution in [0, 0.1) is 3.57 Å². The van der Waals surface area contributed by atoms with Crippen LogP contribution in [0.2, 0.25) is 0 Å². The molecule has 0 spiro atoms. The smallest absolute Gasteiger partial charge is 0.231 e. The normalized spacial score (nSPS) is 10.4. The predicted octanol–water partition coefficient (Wildman–Crippen LogP) is -0.254. The number of amides is 2. The molecule has 0 heterocycles. The van der Waals surface area contributed by atoms with E-state index in [1.54, 1.807) is 24.3 Å². The molecular weight excluding hydrogens is 361 g/mol. The highest BCUT2D eigenvalue weighted by molar-refractivity contribution is 14.1. The van der Waals surface area contributed by atoms with E-state index in [1.807, 2.05) is 0 Å². The quantitative estimate of drug-likeness (QED) is 0.506. The molecule has 0 fully saturated rings. The fraction of sp³-hybridized carbons (Fsp3) is 0.250. The van der Waals surface area contributed by atoms with Crippen LogP contribution in [-0.4, -0.2) is 42.1 Å². The van der Waals surface area contributed by atoms with Gasteiger partial charge in [0.2, 0.25) is 11.8 Å². The van der Waals surface area contributed by atoms with Crippen LogP contribution in [0.1, 0.15) is 10.4 Å². The molecule has 0 aliphatic carbocycles. The van der Waals surface area contributed by atoms with Crippen molar-refractivity contribution < 1.29 is 14.4 Å². The lowest BCUT2D eigenvalue weighted by Crippen LogP contribution is -2.42. The topological polar surface area (TPSA) is 106 Å². The number of rotatable bonds is 7. The van der Waals surface area contributed by atoms with Crippen LogP contribution in [0.3, 0.4) is 0 Å². The van der Waals surface area contributed by atoms with Gasteiger partial charge in [-0.2, -0.15) is 0 Å². The average molecular weight is 375 g/mol. The maximum atomic E-state index is 12.0. The van der Waals surface area contributed by atoms with Crippen LogP contribution in [0.4, 0.5) is 0 Å². The van der Waals surface area contributed by atoms with Crippen LogP contribution in [0.15, 0.2) is 24.3 Å². The van der Waals surface area contributed by atoms with E-state index in [-0.39, 0.29) is 25.4 Å². The van der Waals surface area contributed by atoms with Crippen LogP contribution < -0.4 is 11.5 Å². The summed E-state index contributed by atoms with van der Waals surface area (Å²) in [7, 11) is 0. The summed E-state index contributed by atoms with van der Waals surface area (Å²) in [6.45, 7) is -0.440. The standard InChI is InChI=1S/C12H14IN3O3/c13-9-3-1-8(2-4-9)10(17)5-16(6-11(14)18)7-12(15)19/h1-4H,5-7H2,(H2,14,18)(H2,15,19). The lowest BCUT2D eigenvalue weighted by atomic mass is 10.1. The molecule has 7 heteroatoms. The monoisotopic (exact) mass is 375 g/mol. The zero-order valence-corrected chi connectivity index (χ0v) is 12.3. The Morgan fingerprint density at radius 1 is 0.947 bits per heavy atom. The highest BCUT2D eigenvalue weighted by Crippen LogP contribution is 2.08. The SMILES string of the molecule is NC(=O)CN(CC(N)=O)CC(=O)c1ccc(I)cc1. The van der Waals surface area contributed by atoms with Gasteiger partial charge in [0.1, 0.15) is 0 Å². The van der Waals surface area contributed by atoms with Gasteiger partial charge in [0, 0.05) is 9.13 Å². The minimum atomic E-state index is -0.614. The second-order valence-corrected chi connectivity index (χ2v) is 5.25. The Hall–Kier alpha value is -1.48. The van der Waals surface area contributed by atoms with E-state index in [0.717, 1.165) is 3.57 Å². The molecule has 0 bridgehead atoms. The van der Waals surface area contributed by atoms with Gasteiger partial charge < -0.3 is 11.5 Å². The van der Waals surface area contributed by atoms with Crippen LogP contribution in [0.5, 0.6) is 0 Å². The zero-order valence-electron chi connectivity index (χ0n) is 10.1. The van der Waals surface area contributed by atoms with Gasteiger partial charge in [0.05, 0.1) is 19.6 Å². The number of carbonyl (C=O) groups excluding carboxylic acids is 3. The minimum Gasteiger partial charge on any atom is -0.369 e. The van der Waals surface area contributed by atoms with Gasteiger partial charge in [0.25, 0.3) is 0 Å². The molecule has 1 aromatic rings. The van der Waals surface area contributed by atoms with E-state index in [1.165, 1.54) is 4.90 Å². The molecule has 2 amide bonds. The molecule has 1 aromatic carbocycles.